The Bertz CT molecular complexity index is 1240. The van der Waals surface area contributed by atoms with Gasteiger partial charge in [0.2, 0.25) is 0 Å². The second kappa shape index (κ2) is 9.18. The second-order valence-electron chi connectivity index (χ2n) is 10.8. The van der Waals surface area contributed by atoms with Crippen molar-refractivity contribution >= 4 is 37.3 Å². The summed E-state index contributed by atoms with van der Waals surface area (Å²) in [6.45, 7) is 16.4. The number of hydrogen-bond donors (Lipinski definition) is 0. The molecule has 0 spiro atoms. The molecule has 2 unspecified atom stereocenters. The van der Waals surface area contributed by atoms with Crippen LogP contribution in [0.3, 0.4) is 0 Å². The van der Waals surface area contributed by atoms with Crippen molar-refractivity contribution in [1.82, 2.24) is 0 Å². The van der Waals surface area contributed by atoms with Crippen LogP contribution in [-0.2, 0) is 17.4 Å². The summed E-state index contributed by atoms with van der Waals surface area (Å²) >= 11 is -3.33. The van der Waals surface area contributed by atoms with E-state index in [4.69, 9.17) is 0 Å². The number of halogens is 2. The molecule has 0 saturated heterocycles. The molecule has 2 atom stereocenters. The molecule has 0 radical (unpaired) electrons. The van der Waals surface area contributed by atoms with Gasteiger partial charge < -0.3 is 0 Å². The predicted molar refractivity (Wildman–Crippen MR) is 147 cm³/mol. The van der Waals surface area contributed by atoms with Crippen molar-refractivity contribution in [2.75, 3.05) is 0 Å². The van der Waals surface area contributed by atoms with E-state index in [1.165, 1.54) is 27.8 Å². The Balaban J connectivity index is 0.00000181. The summed E-state index contributed by atoms with van der Waals surface area (Å²) in [4.78, 5) is 0. The van der Waals surface area contributed by atoms with Gasteiger partial charge in [0.05, 0.1) is 0 Å². The molecule has 0 amide bonds. The Kier molecular flexibility index (Phi) is 7.91. The zero-order valence-electron chi connectivity index (χ0n) is 20.8. The van der Waals surface area contributed by atoms with Crippen molar-refractivity contribution < 1.29 is 17.4 Å². The number of benzene rings is 2. The zero-order chi connectivity index (χ0) is 22.0. The van der Waals surface area contributed by atoms with Crippen molar-refractivity contribution in [2.24, 2.45) is 5.92 Å². The molecule has 0 aliphatic heterocycles. The van der Waals surface area contributed by atoms with Gasteiger partial charge in [0.25, 0.3) is 0 Å². The fraction of sp³-hybridized carbons (Fsp3) is 0.357. The van der Waals surface area contributed by atoms with Crippen molar-refractivity contribution in [3.63, 3.8) is 0 Å². The normalized spacial score (nSPS) is 20.6. The van der Waals surface area contributed by atoms with Gasteiger partial charge in [-0.3, -0.25) is 0 Å². The molecule has 0 nitrogen and oxygen atoms in total. The average molecular weight is 565 g/mol. The van der Waals surface area contributed by atoms with Crippen LogP contribution in [0.1, 0.15) is 59.1 Å². The topological polar surface area (TPSA) is 0 Å². The van der Waals surface area contributed by atoms with E-state index in [9.17, 15) is 0 Å². The minimum Gasteiger partial charge on any atom is -0.147 e. The second-order valence-corrected chi connectivity index (χ2v) is 40.4. The molecule has 0 bridgehead atoms. The maximum atomic E-state index is 2.70. The summed E-state index contributed by atoms with van der Waals surface area (Å²) in [6, 6.07) is 16.1. The first-order valence-corrected chi connectivity index (χ1v) is 24.8. The third-order valence-corrected chi connectivity index (χ3v) is 25.4. The molecule has 0 heterocycles. The van der Waals surface area contributed by atoms with E-state index in [1.54, 1.807) is 22.3 Å². The summed E-state index contributed by atoms with van der Waals surface area (Å²) in [5.74, 6) is 0.591. The maximum absolute atomic E-state index is 3.33. The zero-order valence-corrected chi connectivity index (χ0v) is 26.3. The molecule has 2 aromatic carbocycles. The van der Waals surface area contributed by atoms with Crippen LogP contribution in [0.25, 0.3) is 5.57 Å². The number of hydrogen-bond acceptors (Lipinski definition) is 0. The minimum absolute atomic E-state index is 0. The van der Waals surface area contributed by atoms with E-state index in [1.807, 2.05) is 3.28 Å². The minimum atomic E-state index is -3.33. The Labute approximate surface area is 210 Å². The standard InChI is InChI=1S/C17H15.C9H13.2CH3.2ClH.H2Si.Zr/c1-12-7-8-13(2)17(11-12)16-10-9-14-5-3-4-6-15(14)16;1-6-5-7(2)9(4)8(6)3;;;;;;/h3-11H,1-2H3;6H,1-4H3;2*1H3;2*1H;1H2;. The van der Waals surface area contributed by atoms with E-state index < -0.39 is 17.4 Å². The summed E-state index contributed by atoms with van der Waals surface area (Å²) in [7, 11) is 0. The van der Waals surface area contributed by atoms with E-state index in [0.717, 1.165) is 0 Å². The van der Waals surface area contributed by atoms with Gasteiger partial charge in [0.1, 0.15) is 0 Å². The maximum Gasteiger partial charge on any atom is -0.147 e. The summed E-state index contributed by atoms with van der Waals surface area (Å²) in [5, 5.41) is 0. The molecule has 2 aromatic rings. The van der Waals surface area contributed by atoms with Crippen LogP contribution in [0.4, 0.5) is 0 Å². The van der Waals surface area contributed by atoms with Gasteiger partial charge in [0.15, 0.2) is 0 Å². The van der Waals surface area contributed by atoms with Crippen molar-refractivity contribution in [2.45, 2.75) is 54.4 Å². The molecule has 2 aliphatic carbocycles. The third kappa shape index (κ3) is 4.15. The van der Waals surface area contributed by atoms with Crippen LogP contribution in [-0.4, -0.2) is 6.88 Å². The summed E-state index contributed by atoms with van der Waals surface area (Å²) in [5.41, 5.74) is 13.3. The Morgan fingerprint density at radius 2 is 1.44 bits per heavy atom. The quantitative estimate of drug-likeness (QED) is 0.330. The Hall–Kier alpha value is -0.660. The van der Waals surface area contributed by atoms with E-state index in [-0.39, 0.29) is 24.8 Å². The van der Waals surface area contributed by atoms with E-state index >= 15 is 0 Å². The number of allylic oxidation sites excluding steroid dienone is 5. The largest absolute Gasteiger partial charge is 0.147 e. The van der Waals surface area contributed by atoms with E-state index in [2.05, 4.69) is 106 Å². The third-order valence-electron chi connectivity index (χ3n) is 8.13. The number of fused-ring (bicyclic) bond motifs is 1. The fourth-order valence-electron chi connectivity index (χ4n) is 6.24. The van der Waals surface area contributed by atoms with Crippen LogP contribution < -0.4 is 0 Å². The molecule has 0 aromatic heterocycles. The SMILES string of the molecule is CC1=C(C)C(C)[C]([Zr]([CH3])([CH3])(=[SiH2])[CH]2C=C(c3cc(C)ccc3C)c3ccccc32)=C1C.Cl.Cl. The van der Waals surface area contributed by atoms with Crippen LogP contribution in [0, 0.1) is 19.8 Å². The predicted octanol–water partition coefficient (Wildman–Crippen LogP) is 8.23. The van der Waals surface area contributed by atoms with Crippen molar-refractivity contribution in [3.8, 4) is 0 Å². The molecule has 4 rings (SSSR count). The van der Waals surface area contributed by atoms with Crippen molar-refractivity contribution in [1.29, 1.82) is 0 Å². The van der Waals surface area contributed by atoms with Crippen LogP contribution >= 0.6 is 24.8 Å². The molecule has 0 saturated carbocycles. The molecule has 0 N–H and O–H groups in total. The summed E-state index contributed by atoms with van der Waals surface area (Å²) in [6.07, 6.45) is 2.67. The van der Waals surface area contributed by atoms with Gasteiger partial charge in [-0.25, -0.2) is 0 Å². The Morgan fingerprint density at radius 3 is 2.03 bits per heavy atom. The molecular formula is C28H38Cl2SiZr. The van der Waals surface area contributed by atoms with E-state index in [0.29, 0.717) is 9.54 Å². The van der Waals surface area contributed by atoms with Gasteiger partial charge in [-0.2, -0.15) is 0 Å². The fourth-order valence-corrected chi connectivity index (χ4v) is 24.8. The van der Waals surface area contributed by atoms with Gasteiger partial charge >= 0.3 is 187 Å². The van der Waals surface area contributed by atoms with Gasteiger partial charge in [0, 0.05) is 0 Å². The molecular weight excluding hydrogens is 527 g/mol. The average Bonchev–Trinajstić information content (AvgIpc) is 3.17. The van der Waals surface area contributed by atoms with Gasteiger partial charge in [-0.05, 0) is 0 Å². The smallest absolute Gasteiger partial charge is 0.147 e. The molecule has 0 fully saturated rings. The molecule has 172 valence electrons. The molecule has 32 heavy (non-hydrogen) atoms. The number of rotatable bonds is 3. The first kappa shape index (κ1) is 27.6. The van der Waals surface area contributed by atoms with Gasteiger partial charge in [-0.1, -0.05) is 0 Å². The summed E-state index contributed by atoms with van der Waals surface area (Å²) < 4.78 is 7.78. The van der Waals surface area contributed by atoms with Gasteiger partial charge in [-0.15, -0.1) is 24.8 Å². The first-order valence-electron chi connectivity index (χ1n) is 11.3. The van der Waals surface area contributed by atoms with Crippen LogP contribution in [0.15, 0.2) is 68.5 Å². The van der Waals surface area contributed by atoms with Crippen molar-refractivity contribution in [3.05, 3.63) is 96.4 Å². The molecule has 4 heteroatoms. The van der Waals surface area contributed by atoms with Crippen LogP contribution in [0.5, 0.6) is 0 Å². The Morgan fingerprint density at radius 1 is 0.812 bits per heavy atom. The molecule has 2 aliphatic rings. The number of aryl methyl sites for hydroxylation is 2. The monoisotopic (exact) mass is 562 g/mol. The van der Waals surface area contributed by atoms with Crippen LogP contribution in [0.2, 0.25) is 9.26 Å². The first-order chi connectivity index (χ1) is 13.9.